The fourth-order valence-electron chi connectivity index (χ4n) is 7.66. The van der Waals surface area contributed by atoms with Crippen molar-refractivity contribution in [3.8, 4) is 11.5 Å². The summed E-state index contributed by atoms with van der Waals surface area (Å²) in [7, 11) is -17.2. The molecule has 6 N–H and O–H groups in total. The molecule has 0 aliphatic heterocycles. The van der Waals surface area contributed by atoms with Crippen molar-refractivity contribution in [3.05, 3.63) is 129 Å². The molecule has 0 fully saturated rings. The maximum Gasteiger partial charge on any atom is 0.323 e. The zero-order valence-electron chi connectivity index (χ0n) is 45.7. The number of carbonyl (C=O) groups excluding carboxylic acids is 1. The van der Waals surface area contributed by atoms with Crippen LogP contribution < -0.4 is 20.1 Å². The molecule has 29 heteroatoms. The fraction of sp³-hybridized carbons (Fsp3) is 0.302. The predicted molar refractivity (Wildman–Crippen MR) is 308 cm³/mol. The number of aryl methyl sites for hydroxylation is 8. The molecule has 0 spiro atoms. The fourth-order valence-corrected chi connectivity index (χ4v) is 9.93. The van der Waals surface area contributed by atoms with Crippen LogP contribution >= 0.6 is 0 Å². The van der Waals surface area contributed by atoms with Gasteiger partial charge >= 0.3 is 6.03 Å². The molecule has 0 aliphatic rings. The second-order valence-corrected chi connectivity index (χ2v) is 25.0. The van der Waals surface area contributed by atoms with Crippen molar-refractivity contribution in [2.75, 3.05) is 35.4 Å². The molecule has 6 aromatic rings. The highest BCUT2D eigenvalue weighted by Crippen LogP contribution is 2.40. The van der Waals surface area contributed by atoms with Crippen molar-refractivity contribution in [2.24, 2.45) is 40.9 Å². The summed E-state index contributed by atoms with van der Waals surface area (Å²) in [6.45, 7) is 14.0. The van der Waals surface area contributed by atoms with Crippen LogP contribution in [0.4, 0.5) is 61.7 Å². The van der Waals surface area contributed by atoms with Gasteiger partial charge in [0.2, 0.25) is 0 Å². The zero-order chi connectivity index (χ0) is 60.3. The number of anilines is 2. The summed E-state index contributed by atoms with van der Waals surface area (Å²) in [5, 5.41) is 41.0. The summed E-state index contributed by atoms with van der Waals surface area (Å²) in [5.74, 6) is -0.431. The Morgan fingerprint density at radius 3 is 1.00 bits per heavy atom. The molecule has 0 unspecified atom stereocenters. The minimum atomic E-state index is -4.43. The highest BCUT2D eigenvalue weighted by molar-refractivity contribution is 7.86. The lowest BCUT2D eigenvalue weighted by Crippen LogP contribution is -2.20. The second kappa shape index (κ2) is 26.9. The van der Waals surface area contributed by atoms with E-state index in [1.54, 1.807) is 104 Å². The highest BCUT2D eigenvalue weighted by Gasteiger charge is 2.17. The molecule has 25 nitrogen and oxygen atoms in total. The van der Waals surface area contributed by atoms with Gasteiger partial charge in [-0.2, -0.15) is 64.4 Å². The van der Waals surface area contributed by atoms with E-state index in [9.17, 15) is 47.6 Å². The number of carbonyl (C=O) groups is 1. The van der Waals surface area contributed by atoms with Gasteiger partial charge in [0.25, 0.3) is 40.5 Å². The minimum Gasteiger partial charge on any atom is -0.491 e. The molecule has 0 radical (unpaired) electrons. The van der Waals surface area contributed by atoms with Crippen molar-refractivity contribution in [1.82, 2.24) is 0 Å². The van der Waals surface area contributed by atoms with Crippen molar-refractivity contribution in [3.63, 3.8) is 0 Å². The van der Waals surface area contributed by atoms with Gasteiger partial charge in [0.05, 0.1) is 68.6 Å². The van der Waals surface area contributed by atoms with Crippen LogP contribution in [-0.4, -0.2) is 82.6 Å². The number of unbranched alkanes of at least 4 members (excludes halogenated alkanes) is 2. The van der Waals surface area contributed by atoms with Crippen molar-refractivity contribution >= 4 is 103 Å². The normalized spacial score (nSPS) is 12.5. The van der Waals surface area contributed by atoms with Crippen LogP contribution in [0.15, 0.2) is 136 Å². The van der Waals surface area contributed by atoms with Crippen LogP contribution in [0.3, 0.4) is 0 Å². The summed E-state index contributed by atoms with van der Waals surface area (Å²) >= 11 is 0. The van der Waals surface area contributed by atoms with Crippen LogP contribution in [0.5, 0.6) is 11.5 Å². The Morgan fingerprint density at radius 2 is 0.671 bits per heavy atom. The SMILES string of the molecule is Cc1cc(S(=O)(=O)O)ccc1N=Nc1cc(OCCCCS(=O)(=O)O)c(N=Nc2cc(C)c(NC(=O)Nc3cc(C)c(N=Nc4cc(C)c(N=Nc5ccc(S(=O)(=O)O)cc5C)cc4OCCCCS(=O)(=O)O)cc3C)cc2C)cc1C. The molecule has 0 aliphatic carbocycles. The first-order valence-corrected chi connectivity index (χ1v) is 31.0. The number of azo groups is 4. The molecule has 0 bridgehead atoms. The number of ether oxygens (including phenoxy) is 2. The molecule has 0 saturated carbocycles. The summed E-state index contributed by atoms with van der Waals surface area (Å²) < 4.78 is 141. The number of nitrogens with one attached hydrogen (secondary N) is 2. The Hall–Kier alpha value is -7.77. The van der Waals surface area contributed by atoms with Gasteiger partial charge in [-0.25, -0.2) is 4.79 Å². The number of urea groups is 1. The van der Waals surface area contributed by atoms with E-state index >= 15 is 0 Å². The average molecular weight is 1210 g/mol. The van der Waals surface area contributed by atoms with Gasteiger partial charge < -0.3 is 20.1 Å². The van der Waals surface area contributed by atoms with E-state index in [4.69, 9.17) is 18.6 Å². The highest BCUT2D eigenvalue weighted by atomic mass is 32.2. The summed E-state index contributed by atoms with van der Waals surface area (Å²) in [5.41, 5.74) is 8.61. The molecule has 6 aromatic carbocycles. The van der Waals surface area contributed by atoms with Gasteiger partial charge in [0.15, 0.2) is 0 Å². The first kappa shape index (κ1) is 63.4. The number of amides is 2. The van der Waals surface area contributed by atoms with E-state index in [0.29, 0.717) is 101 Å². The van der Waals surface area contributed by atoms with Crippen molar-refractivity contribution in [2.45, 2.75) is 90.9 Å². The molecule has 2 amide bonds. The zero-order valence-corrected chi connectivity index (χ0v) is 49.0. The van der Waals surface area contributed by atoms with E-state index < -0.39 is 58.0 Å². The maximum absolute atomic E-state index is 13.5. The first-order valence-electron chi connectivity index (χ1n) is 24.9. The Labute approximate surface area is 475 Å². The lowest BCUT2D eigenvalue weighted by atomic mass is 10.1. The smallest absolute Gasteiger partial charge is 0.323 e. The van der Waals surface area contributed by atoms with E-state index in [0.717, 1.165) is 0 Å². The Kier molecular flexibility index (Phi) is 20.8. The molecule has 0 saturated heterocycles. The third-order valence-electron chi connectivity index (χ3n) is 12.2. The molecule has 6 rings (SSSR count). The standard InChI is InChI=1S/C53H60N10O15S4/c1-31-21-39(81(71,72)73)13-15-41(31)56-60-47-29-51(77-17-9-11-19-79(65,66)67)49(27-37(47)7)62-58-45-25-33(3)43(23-35(45)5)54-53(64)55-44-24-36(6)46(26-34(44)4)59-63-50-28-38(8)48(30-52(50)78-18-10-12-20-80(68,69)70)61-57-42-16-14-40(22-32(42)2)82(74,75)76/h13-16,21-30H,9-12,17-20H2,1-8H3,(H2,54,55,64)(H,65,66,67)(H,68,69,70)(H,71,72,73)(H,74,75,76). The molecule has 0 atom stereocenters. The quantitative estimate of drug-likeness (QED) is 0.0186. The monoisotopic (exact) mass is 1200 g/mol. The molecule has 436 valence electrons. The molecule has 0 aromatic heterocycles. The third-order valence-corrected chi connectivity index (χ3v) is 15.5. The predicted octanol–water partition coefficient (Wildman–Crippen LogP) is 14.0. The van der Waals surface area contributed by atoms with Crippen LogP contribution in [0, 0.1) is 55.4 Å². The lowest BCUT2D eigenvalue weighted by Gasteiger charge is -2.14. The topological polar surface area (TPSA) is 376 Å². The Morgan fingerprint density at radius 1 is 0.378 bits per heavy atom. The van der Waals surface area contributed by atoms with Crippen LogP contribution in [0.25, 0.3) is 0 Å². The van der Waals surface area contributed by atoms with Crippen LogP contribution in [0.1, 0.15) is 70.2 Å². The molecule has 82 heavy (non-hydrogen) atoms. The average Bonchev–Trinajstić information content (AvgIpc) is 3.56. The first-order chi connectivity index (χ1) is 38.3. The summed E-state index contributed by atoms with van der Waals surface area (Å²) in [6, 6.07) is 20.6. The lowest BCUT2D eigenvalue weighted by molar-refractivity contribution is 0.262. The number of benzene rings is 6. The third kappa shape index (κ3) is 18.6. The number of hydrogen-bond acceptors (Lipinski definition) is 19. The van der Waals surface area contributed by atoms with Gasteiger partial charge in [0.1, 0.15) is 22.9 Å². The Balaban J connectivity index is 1.17. The van der Waals surface area contributed by atoms with Gasteiger partial charge in [0, 0.05) is 23.5 Å². The molecular weight excluding hydrogens is 1140 g/mol. The van der Waals surface area contributed by atoms with Gasteiger partial charge in [-0.3, -0.25) is 18.2 Å². The largest absolute Gasteiger partial charge is 0.491 e. The van der Waals surface area contributed by atoms with Crippen molar-refractivity contribution in [1.29, 1.82) is 0 Å². The number of nitrogens with zero attached hydrogens (tertiary/aromatic N) is 8. The molecule has 0 heterocycles. The van der Waals surface area contributed by atoms with Crippen LogP contribution in [-0.2, 0) is 40.5 Å². The number of hydrogen-bond donors (Lipinski definition) is 6. The number of rotatable bonds is 24. The minimum absolute atomic E-state index is 0.0486. The van der Waals surface area contributed by atoms with E-state index in [1.807, 2.05) is 0 Å². The second-order valence-electron chi connectivity index (χ2n) is 19.0. The van der Waals surface area contributed by atoms with E-state index in [-0.39, 0.29) is 60.2 Å². The van der Waals surface area contributed by atoms with Gasteiger partial charge in [-0.05, 0) is 198 Å². The molecular formula is C53H60N10O15S4. The van der Waals surface area contributed by atoms with Crippen molar-refractivity contribution < 1.29 is 66.2 Å². The van der Waals surface area contributed by atoms with E-state index in [2.05, 4.69) is 51.5 Å². The maximum atomic E-state index is 13.5. The van der Waals surface area contributed by atoms with Gasteiger partial charge in [-0.15, -0.1) is 10.2 Å². The van der Waals surface area contributed by atoms with E-state index in [1.165, 1.54) is 36.4 Å². The van der Waals surface area contributed by atoms with Crippen LogP contribution in [0.2, 0.25) is 0 Å². The van der Waals surface area contributed by atoms with Gasteiger partial charge in [-0.1, -0.05) is 0 Å². The summed E-state index contributed by atoms with van der Waals surface area (Å²) in [4.78, 5) is 12.9. The summed E-state index contributed by atoms with van der Waals surface area (Å²) in [6.07, 6.45) is 0.786. The Bertz CT molecular complexity index is 3770.